The highest BCUT2D eigenvalue weighted by Crippen LogP contribution is 2.27. The van der Waals surface area contributed by atoms with Crippen molar-refractivity contribution in [2.45, 2.75) is 78.2 Å². The molecule has 1 aliphatic rings. The molecule has 1 rings (SSSR count). The van der Waals surface area contributed by atoms with Crippen molar-refractivity contribution in [3.05, 3.63) is 0 Å². The molecule has 16 heavy (non-hydrogen) atoms. The van der Waals surface area contributed by atoms with Crippen LogP contribution in [0.25, 0.3) is 0 Å². The van der Waals surface area contributed by atoms with Crippen LogP contribution in [0.2, 0.25) is 0 Å². The summed E-state index contributed by atoms with van der Waals surface area (Å²) in [5.74, 6) is 0.906. The van der Waals surface area contributed by atoms with E-state index >= 15 is 0 Å². The number of likely N-dealkylation sites (tertiary alicyclic amines) is 1. The highest BCUT2D eigenvalue weighted by molar-refractivity contribution is 4.85. The lowest BCUT2D eigenvalue weighted by Crippen LogP contribution is -2.48. The fraction of sp³-hybridized carbons (Fsp3) is 1.00. The SMILES string of the molecule is CCCCCCC(C)(C)N1CCC[C@H](C)C1. The number of rotatable bonds is 6. The number of hydrogen-bond donors (Lipinski definition) is 0. The average molecular weight is 225 g/mol. The lowest BCUT2D eigenvalue weighted by atomic mass is 9.89. The third-order valence-corrected chi connectivity index (χ3v) is 4.16. The van der Waals surface area contributed by atoms with Gasteiger partial charge in [0.25, 0.3) is 0 Å². The Balaban J connectivity index is 2.30. The molecule has 0 aliphatic carbocycles. The quantitative estimate of drug-likeness (QED) is 0.603. The third-order valence-electron chi connectivity index (χ3n) is 4.16. The normalized spacial score (nSPS) is 23.6. The van der Waals surface area contributed by atoms with E-state index < -0.39 is 0 Å². The van der Waals surface area contributed by atoms with Gasteiger partial charge in [-0.1, -0.05) is 39.5 Å². The first-order valence-corrected chi connectivity index (χ1v) is 7.31. The fourth-order valence-electron chi connectivity index (χ4n) is 2.88. The van der Waals surface area contributed by atoms with Gasteiger partial charge in [-0.2, -0.15) is 0 Å². The van der Waals surface area contributed by atoms with Gasteiger partial charge in [-0.05, 0) is 45.6 Å². The maximum absolute atomic E-state index is 2.73. The predicted octanol–water partition coefficient (Wildman–Crippen LogP) is 4.47. The van der Waals surface area contributed by atoms with Crippen molar-refractivity contribution >= 4 is 0 Å². The Bertz CT molecular complexity index is 186. The molecule has 1 saturated heterocycles. The second-order valence-corrected chi connectivity index (χ2v) is 6.32. The van der Waals surface area contributed by atoms with Crippen molar-refractivity contribution in [1.29, 1.82) is 0 Å². The standard InChI is InChI=1S/C15H31N/c1-5-6-7-8-11-15(3,4)16-12-9-10-14(2)13-16/h14H,5-13H2,1-4H3/t14-/m0/s1. The molecule has 1 fully saturated rings. The first-order chi connectivity index (χ1) is 7.56. The maximum Gasteiger partial charge on any atom is 0.0153 e. The zero-order valence-electron chi connectivity index (χ0n) is 11.9. The molecule has 0 unspecified atom stereocenters. The zero-order valence-corrected chi connectivity index (χ0v) is 11.9. The predicted molar refractivity (Wildman–Crippen MR) is 72.8 cm³/mol. The Morgan fingerprint density at radius 2 is 1.94 bits per heavy atom. The van der Waals surface area contributed by atoms with Crippen LogP contribution in [0, 0.1) is 5.92 Å². The Kier molecular flexibility index (Phi) is 5.82. The maximum atomic E-state index is 2.73. The summed E-state index contributed by atoms with van der Waals surface area (Å²) in [5.41, 5.74) is 0.433. The van der Waals surface area contributed by atoms with Crippen molar-refractivity contribution in [1.82, 2.24) is 4.90 Å². The van der Waals surface area contributed by atoms with E-state index in [4.69, 9.17) is 0 Å². The molecule has 1 aliphatic heterocycles. The number of hydrogen-bond acceptors (Lipinski definition) is 1. The molecule has 0 radical (unpaired) electrons. The third kappa shape index (κ3) is 4.45. The number of piperidine rings is 1. The van der Waals surface area contributed by atoms with Gasteiger partial charge in [-0.25, -0.2) is 0 Å². The molecule has 0 aromatic carbocycles. The van der Waals surface area contributed by atoms with E-state index in [1.807, 2.05) is 0 Å². The van der Waals surface area contributed by atoms with Crippen molar-refractivity contribution < 1.29 is 0 Å². The van der Waals surface area contributed by atoms with E-state index in [9.17, 15) is 0 Å². The molecule has 0 aromatic rings. The minimum atomic E-state index is 0.433. The lowest BCUT2D eigenvalue weighted by Gasteiger charge is -2.43. The second-order valence-electron chi connectivity index (χ2n) is 6.32. The fourth-order valence-corrected chi connectivity index (χ4v) is 2.88. The van der Waals surface area contributed by atoms with E-state index in [0.717, 1.165) is 5.92 Å². The summed E-state index contributed by atoms with van der Waals surface area (Å²) in [4.78, 5) is 2.73. The average Bonchev–Trinajstić information content (AvgIpc) is 2.24. The first kappa shape index (κ1) is 14.0. The Hall–Kier alpha value is -0.0400. The molecule has 1 heteroatoms. The van der Waals surface area contributed by atoms with Gasteiger partial charge in [0.15, 0.2) is 0 Å². The van der Waals surface area contributed by atoms with Crippen LogP contribution in [-0.4, -0.2) is 23.5 Å². The highest BCUT2D eigenvalue weighted by Gasteiger charge is 2.29. The van der Waals surface area contributed by atoms with Crippen molar-refractivity contribution in [2.24, 2.45) is 5.92 Å². The van der Waals surface area contributed by atoms with Crippen LogP contribution in [0.1, 0.15) is 72.6 Å². The minimum absolute atomic E-state index is 0.433. The van der Waals surface area contributed by atoms with E-state index in [2.05, 4.69) is 32.6 Å². The molecule has 1 heterocycles. The summed E-state index contributed by atoms with van der Waals surface area (Å²) in [7, 11) is 0. The monoisotopic (exact) mass is 225 g/mol. The van der Waals surface area contributed by atoms with Gasteiger partial charge >= 0.3 is 0 Å². The number of unbranched alkanes of at least 4 members (excludes halogenated alkanes) is 3. The molecule has 0 spiro atoms. The smallest absolute Gasteiger partial charge is 0.0153 e. The van der Waals surface area contributed by atoms with Gasteiger partial charge in [0.05, 0.1) is 0 Å². The van der Waals surface area contributed by atoms with Gasteiger partial charge in [-0.15, -0.1) is 0 Å². The zero-order chi connectivity index (χ0) is 12.0. The van der Waals surface area contributed by atoms with Crippen LogP contribution in [0.4, 0.5) is 0 Å². The van der Waals surface area contributed by atoms with Gasteiger partial charge in [-0.3, -0.25) is 4.90 Å². The summed E-state index contributed by atoms with van der Waals surface area (Å²) in [6.45, 7) is 12.2. The molecular formula is C15H31N. The van der Waals surface area contributed by atoms with E-state index in [1.165, 1.54) is 58.0 Å². The van der Waals surface area contributed by atoms with E-state index in [1.54, 1.807) is 0 Å². The topological polar surface area (TPSA) is 3.24 Å². The largest absolute Gasteiger partial charge is 0.298 e. The number of nitrogens with zero attached hydrogens (tertiary/aromatic N) is 1. The summed E-state index contributed by atoms with van der Waals surface area (Å²) in [6, 6.07) is 0. The van der Waals surface area contributed by atoms with Crippen molar-refractivity contribution in [2.75, 3.05) is 13.1 Å². The van der Waals surface area contributed by atoms with E-state index in [-0.39, 0.29) is 0 Å². The molecule has 0 bridgehead atoms. The molecule has 1 nitrogen and oxygen atoms in total. The van der Waals surface area contributed by atoms with Crippen LogP contribution >= 0.6 is 0 Å². The summed E-state index contributed by atoms with van der Waals surface area (Å²) < 4.78 is 0. The molecule has 0 aromatic heterocycles. The van der Waals surface area contributed by atoms with Crippen LogP contribution in [0.15, 0.2) is 0 Å². The minimum Gasteiger partial charge on any atom is -0.298 e. The second kappa shape index (κ2) is 6.64. The van der Waals surface area contributed by atoms with Gasteiger partial charge in [0, 0.05) is 12.1 Å². The van der Waals surface area contributed by atoms with Crippen LogP contribution < -0.4 is 0 Å². The van der Waals surface area contributed by atoms with Crippen molar-refractivity contribution in [3.63, 3.8) is 0 Å². The molecule has 0 amide bonds. The molecular weight excluding hydrogens is 194 g/mol. The molecule has 1 atom stereocenters. The van der Waals surface area contributed by atoms with Crippen LogP contribution in [0.5, 0.6) is 0 Å². The lowest BCUT2D eigenvalue weighted by molar-refractivity contribution is 0.0631. The molecule has 0 saturated carbocycles. The Morgan fingerprint density at radius 3 is 2.56 bits per heavy atom. The van der Waals surface area contributed by atoms with Gasteiger partial charge < -0.3 is 0 Å². The van der Waals surface area contributed by atoms with Crippen molar-refractivity contribution in [3.8, 4) is 0 Å². The Morgan fingerprint density at radius 1 is 1.19 bits per heavy atom. The Labute approximate surface area is 103 Å². The van der Waals surface area contributed by atoms with E-state index in [0.29, 0.717) is 5.54 Å². The summed E-state index contributed by atoms with van der Waals surface area (Å²) in [5, 5.41) is 0. The summed E-state index contributed by atoms with van der Waals surface area (Å²) >= 11 is 0. The summed E-state index contributed by atoms with van der Waals surface area (Å²) in [6.07, 6.45) is 9.80. The first-order valence-electron chi connectivity index (χ1n) is 7.31. The molecule has 0 N–H and O–H groups in total. The highest BCUT2D eigenvalue weighted by atomic mass is 15.2. The van der Waals surface area contributed by atoms with Gasteiger partial charge in [0.1, 0.15) is 0 Å². The van der Waals surface area contributed by atoms with Crippen LogP contribution in [-0.2, 0) is 0 Å². The van der Waals surface area contributed by atoms with Gasteiger partial charge in [0.2, 0.25) is 0 Å². The molecule has 96 valence electrons. The van der Waals surface area contributed by atoms with Crippen LogP contribution in [0.3, 0.4) is 0 Å².